The van der Waals surface area contributed by atoms with Crippen LogP contribution in [0.25, 0.3) is 0 Å². The van der Waals surface area contributed by atoms with Crippen LogP contribution in [-0.2, 0) is 10.0 Å². The summed E-state index contributed by atoms with van der Waals surface area (Å²) in [5.74, 6) is 0.516. The molecule has 0 spiro atoms. The monoisotopic (exact) mass is 300 g/mol. The Bertz CT molecular complexity index is 408. The largest absolute Gasteiger partial charge is 0.316 e. The van der Waals surface area contributed by atoms with Gasteiger partial charge in [0.15, 0.2) is 0 Å². The first-order valence-corrected chi connectivity index (χ1v) is 9.89. The molecule has 2 aliphatic carbocycles. The van der Waals surface area contributed by atoms with Crippen molar-refractivity contribution in [3.63, 3.8) is 0 Å². The van der Waals surface area contributed by atoms with Crippen LogP contribution in [0.2, 0.25) is 0 Å². The summed E-state index contributed by atoms with van der Waals surface area (Å²) >= 11 is 0. The van der Waals surface area contributed by atoms with Gasteiger partial charge in [0.1, 0.15) is 0 Å². The van der Waals surface area contributed by atoms with Gasteiger partial charge in [-0.3, -0.25) is 0 Å². The molecule has 5 heteroatoms. The summed E-state index contributed by atoms with van der Waals surface area (Å²) in [5, 5.41) is 3.32. The van der Waals surface area contributed by atoms with Crippen LogP contribution in [0.4, 0.5) is 0 Å². The van der Waals surface area contributed by atoms with Crippen LogP contribution < -0.4 is 5.32 Å². The lowest BCUT2D eigenvalue weighted by Crippen LogP contribution is -2.46. The maximum atomic E-state index is 12.9. The van der Waals surface area contributed by atoms with Gasteiger partial charge in [0.25, 0.3) is 0 Å². The maximum Gasteiger partial charge on any atom is 0.217 e. The number of sulfonamides is 1. The minimum atomic E-state index is -3.05. The third-order valence-electron chi connectivity index (χ3n) is 5.09. The molecule has 0 radical (unpaired) electrons. The predicted octanol–water partition coefficient (Wildman–Crippen LogP) is 2.11. The molecule has 0 aromatic heterocycles. The minimum Gasteiger partial charge on any atom is -0.316 e. The first kappa shape index (κ1) is 14.8. The number of hydrogen-bond acceptors (Lipinski definition) is 3. The lowest BCUT2D eigenvalue weighted by Gasteiger charge is -2.33. The highest BCUT2D eigenvalue weighted by atomic mass is 32.2. The van der Waals surface area contributed by atoms with Crippen LogP contribution in [0, 0.1) is 5.92 Å². The third kappa shape index (κ3) is 3.37. The molecule has 1 aliphatic heterocycles. The Labute approximate surface area is 123 Å². The van der Waals surface area contributed by atoms with Gasteiger partial charge in [-0.15, -0.1) is 0 Å². The fraction of sp³-hybridized carbons (Fsp3) is 1.00. The highest BCUT2D eigenvalue weighted by Crippen LogP contribution is 2.35. The van der Waals surface area contributed by atoms with Gasteiger partial charge in [-0.25, -0.2) is 8.42 Å². The van der Waals surface area contributed by atoms with E-state index in [9.17, 15) is 8.42 Å². The first-order chi connectivity index (χ1) is 9.68. The Morgan fingerprint density at radius 3 is 2.30 bits per heavy atom. The van der Waals surface area contributed by atoms with E-state index >= 15 is 0 Å². The van der Waals surface area contributed by atoms with E-state index in [1.54, 1.807) is 0 Å². The molecule has 116 valence electrons. The van der Waals surface area contributed by atoms with Gasteiger partial charge < -0.3 is 5.32 Å². The van der Waals surface area contributed by atoms with E-state index < -0.39 is 10.0 Å². The second-order valence-electron chi connectivity index (χ2n) is 6.82. The average molecular weight is 300 g/mol. The van der Waals surface area contributed by atoms with E-state index in [0.29, 0.717) is 12.0 Å². The maximum absolute atomic E-state index is 12.9. The van der Waals surface area contributed by atoms with E-state index in [0.717, 1.165) is 58.2 Å². The Hall–Kier alpha value is -0.130. The molecule has 1 unspecified atom stereocenters. The number of hydrogen-bond donors (Lipinski definition) is 1. The number of rotatable bonds is 5. The molecule has 4 nitrogen and oxygen atoms in total. The molecule has 0 aromatic carbocycles. The van der Waals surface area contributed by atoms with Crippen molar-refractivity contribution in [2.75, 3.05) is 19.6 Å². The molecule has 0 amide bonds. The molecule has 3 fully saturated rings. The van der Waals surface area contributed by atoms with Gasteiger partial charge >= 0.3 is 0 Å². The highest BCUT2D eigenvalue weighted by molar-refractivity contribution is 7.89. The minimum absolute atomic E-state index is 0.0894. The Morgan fingerprint density at radius 1 is 0.950 bits per heavy atom. The van der Waals surface area contributed by atoms with Crippen molar-refractivity contribution in [2.45, 2.75) is 69.1 Å². The molecule has 20 heavy (non-hydrogen) atoms. The Balaban J connectivity index is 1.68. The van der Waals surface area contributed by atoms with Crippen molar-refractivity contribution >= 4 is 10.0 Å². The van der Waals surface area contributed by atoms with E-state index in [4.69, 9.17) is 0 Å². The Kier molecular flexibility index (Phi) is 4.68. The number of nitrogens with zero attached hydrogens (tertiary/aromatic N) is 1. The normalized spacial score (nSPS) is 29.8. The molecule has 1 heterocycles. The highest BCUT2D eigenvalue weighted by Gasteiger charge is 2.42. The fourth-order valence-electron chi connectivity index (χ4n) is 3.71. The van der Waals surface area contributed by atoms with E-state index in [2.05, 4.69) is 5.32 Å². The third-order valence-corrected chi connectivity index (χ3v) is 7.51. The summed E-state index contributed by atoms with van der Waals surface area (Å²) in [6.45, 7) is 2.84. The second-order valence-corrected chi connectivity index (χ2v) is 8.98. The summed E-state index contributed by atoms with van der Waals surface area (Å²) in [6, 6.07) is 0.323. The van der Waals surface area contributed by atoms with Crippen LogP contribution in [0.1, 0.15) is 57.8 Å². The summed E-state index contributed by atoms with van der Waals surface area (Å²) in [6.07, 6.45) is 9.67. The average Bonchev–Trinajstić information content (AvgIpc) is 3.31. The van der Waals surface area contributed by atoms with Crippen molar-refractivity contribution in [3.05, 3.63) is 0 Å². The quantitative estimate of drug-likeness (QED) is 0.846. The van der Waals surface area contributed by atoms with Gasteiger partial charge in [0.2, 0.25) is 10.0 Å². The lowest BCUT2D eigenvalue weighted by atomic mass is 10.00. The van der Waals surface area contributed by atoms with E-state index in [1.807, 2.05) is 4.31 Å². The van der Waals surface area contributed by atoms with Crippen molar-refractivity contribution < 1.29 is 8.42 Å². The van der Waals surface area contributed by atoms with Crippen molar-refractivity contribution in [3.8, 4) is 0 Å². The summed E-state index contributed by atoms with van der Waals surface area (Å²) in [5.41, 5.74) is 0. The van der Waals surface area contributed by atoms with Crippen molar-refractivity contribution in [1.82, 2.24) is 9.62 Å². The number of nitrogens with one attached hydrogen (secondary N) is 1. The van der Waals surface area contributed by atoms with Gasteiger partial charge in [-0.2, -0.15) is 4.31 Å². The molecule has 0 bridgehead atoms. The van der Waals surface area contributed by atoms with Gasteiger partial charge in [0, 0.05) is 12.6 Å². The van der Waals surface area contributed by atoms with Gasteiger partial charge in [-0.1, -0.05) is 19.3 Å². The van der Waals surface area contributed by atoms with Crippen LogP contribution >= 0.6 is 0 Å². The second kappa shape index (κ2) is 6.32. The molecule has 0 aromatic rings. The molecule has 1 atom stereocenters. The van der Waals surface area contributed by atoms with Crippen LogP contribution in [-0.4, -0.2) is 43.6 Å². The molecule has 3 rings (SSSR count). The topological polar surface area (TPSA) is 49.4 Å². The molecule has 3 aliphatic rings. The summed E-state index contributed by atoms with van der Waals surface area (Å²) in [7, 11) is -3.05. The summed E-state index contributed by atoms with van der Waals surface area (Å²) < 4.78 is 27.8. The van der Waals surface area contributed by atoms with E-state index in [1.165, 1.54) is 19.3 Å². The van der Waals surface area contributed by atoms with Gasteiger partial charge in [0.05, 0.1) is 5.25 Å². The summed E-state index contributed by atoms with van der Waals surface area (Å²) in [4.78, 5) is 0. The first-order valence-electron chi connectivity index (χ1n) is 8.39. The zero-order valence-corrected chi connectivity index (χ0v) is 13.2. The van der Waals surface area contributed by atoms with Crippen LogP contribution in [0.3, 0.4) is 0 Å². The molecule has 2 saturated carbocycles. The van der Waals surface area contributed by atoms with Gasteiger partial charge in [-0.05, 0) is 57.5 Å². The number of piperidine rings is 1. The lowest BCUT2D eigenvalue weighted by molar-refractivity contribution is 0.282. The SMILES string of the molecule is O=S(=O)(C1CCCCC1)N(CC1CCCNC1)C1CC1. The molecular weight excluding hydrogens is 272 g/mol. The zero-order valence-electron chi connectivity index (χ0n) is 12.4. The fourth-order valence-corrected chi connectivity index (χ4v) is 6.07. The van der Waals surface area contributed by atoms with Crippen LogP contribution in [0.15, 0.2) is 0 Å². The molecular formula is C15H28N2O2S. The van der Waals surface area contributed by atoms with Crippen molar-refractivity contribution in [1.29, 1.82) is 0 Å². The predicted molar refractivity (Wildman–Crippen MR) is 81.1 cm³/mol. The van der Waals surface area contributed by atoms with Crippen molar-refractivity contribution in [2.24, 2.45) is 5.92 Å². The van der Waals surface area contributed by atoms with E-state index in [-0.39, 0.29) is 5.25 Å². The zero-order chi connectivity index (χ0) is 14.0. The Morgan fingerprint density at radius 2 is 1.70 bits per heavy atom. The molecule has 1 N–H and O–H groups in total. The smallest absolute Gasteiger partial charge is 0.217 e. The molecule has 1 saturated heterocycles. The van der Waals surface area contributed by atoms with Crippen LogP contribution in [0.5, 0.6) is 0 Å². The standard InChI is InChI=1S/C15H28N2O2S/c18-20(19,15-6-2-1-3-7-15)17(14-8-9-14)12-13-5-4-10-16-11-13/h13-16H,1-12H2.